The zero-order valence-electron chi connectivity index (χ0n) is 25.3. The van der Waals surface area contributed by atoms with Crippen molar-refractivity contribution in [2.45, 2.75) is 149 Å². The molecule has 4 saturated carbocycles. The minimum absolute atomic E-state index is 0.0533. The van der Waals surface area contributed by atoms with E-state index >= 15 is 0 Å². The molecule has 0 radical (unpaired) electrons. The lowest BCUT2D eigenvalue weighted by molar-refractivity contribution is -0.127. The number of aliphatic hydroxyl groups is 3. The Morgan fingerprint density at radius 2 is 1.72 bits per heavy atom. The smallest absolute Gasteiger partial charge is 0.141 e. The second kappa shape index (κ2) is 12.7. The van der Waals surface area contributed by atoms with E-state index in [0.717, 1.165) is 37.7 Å². The second-order valence-corrected chi connectivity index (χ2v) is 14.4. The van der Waals surface area contributed by atoms with Gasteiger partial charge in [-0.1, -0.05) is 88.8 Å². The molecule has 0 bridgehead atoms. The summed E-state index contributed by atoms with van der Waals surface area (Å²) in [5.74, 6) is 1.36. The van der Waals surface area contributed by atoms with Crippen LogP contribution in [0.15, 0.2) is 35.5 Å². The normalized spacial score (nSPS) is 34.3. The van der Waals surface area contributed by atoms with E-state index < -0.39 is 23.7 Å². The molecule has 0 spiro atoms. The lowest BCUT2D eigenvalue weighted by Crippen LogP contribution is -2.39. The van der Waals surface area contributed by atoms with Gasteiger partial charge < -0.3 is 15.3 Å². The van der Waals surface area contributed by atoms with Crippen molar-refractivity contribution in [3.05, 3.63) is 35.5 Å². The van der Waals surface area contributed by atoms with Crippen LogP contribution in [-0.2, 0) is 4.79 Å². The number of rotatable bonds is 12. The molecule has 0 aromatic rings. The van der Waals surface area contributed by atoms with E-state index in [1.807, 2.05) is 6.08 Å². The fourth-order valence-electron chi connectivity index (χ4n) is 8.64. The first kappa shape index (κ1) is 30.7. The topological polar surface area (TPSA) is 77.8 Å². The Bertz CT molecular complexity index is 926. The lowest BCUT2D eigenvalue weighted by atomic mass is 9.57. The Morgan fingerprint density at radius 3 is 2.38 bits per heavy atom. The maximum Gasteiger partial charge on any atom is 0.141 e. The molecule has 4 heteroatoms. The molecule has 0 amide bonds. The highest BCUT2D eigenvalue weighted by atomic mass is 16.3. The maximum absolute atomic E-state index is 13.0. The van der Waals surface area contributed by atoms with Gasteiger partial charge in [-0.15, -0.1) is 0 Å². The first-order valence-corrected chi connectivity index (χ1v) is 16.2. The van der Waals surface area contributed by atoms with Crippen molar-refractivity contribution in [3.8, 4) is 0 Å². The van der Waals surface area contributed by atoms with Gasteiger partial charge in [-0.25, -0.2) is 0 Å². The Labute approximate surface area is 238 Å². The van der Waals surface area contributed by atoms with Gasteiger partial charge in [0.1, 0.15) is 5.78 Å². The van der Waals surface area contributed by atoms with Gasteiger partial charge in [-0.2, -0.15) is 0 Å². The van der Waals surface area contributed by atoms with Gasteiger partial charge in [-0.3, -0.25) is 4.79 Å². The summed E-state index contributed by atoms with van der Waals surface area (Å²) in [6.45, 7) is 9.35. The number of fused-ring (bicyclic) bond motifs is 1. The molecule has 4 fully saturated rings. The monoisotopic (exact) mass is 540 g/mol. The zero-order chi connectivity index (χ0) is 28.3. The molecule has 4 aliphatic rings. The van der Waals surface area contributed by atoms with Crippen molar-refractivity contribution in [3.63, 3.8) is 0 Å². The van der Waals surface area contributed by atoms with Crippen LogP contribution in [0.25, 0.3) is 0 Å². The minimum atomic E-state index is -0.667. The molecule has 4 nitrogen and oxygen atoms in total. The number of hydrogen-bond donors (Lipinski definition) is 3. The average Bonchev–Trinajstić information content (AvgIpc) is 3.61. The second-order valence-electron chi connectivity index (χ2n) is 14.4. The molecule has 39 heavy (non-hydrogen) atoms. The van der Waals surface area contributed by atoms with Crippen LogP contribution < -0.4 is 0 Å². The summed E-state index contributed by atoms with van der Waals surface area (Å²) in [6, 6.07) is 0. The third-order valence-electron chi connectivity index (χ3n) is 11.1. The summed E-state index contributed by atoms with van der Waals surface area (Å²) in [5.41, 5.74) is 2.35. The van der Waals surface area contributed by atoms with Crippen LogP contribution >= 0.6 is 0 Å². The van der Waals surface area contributed by atoms with Crippen LogP contribution in [0.5, 0.6) is 0 Å². The maximum atomic E-state index is 13.0. The molecule has 220 valence electrons. The highest BCUT2D eigenvalue weighted by Gasteiger charge is 2.55. The molecule has 0 saturated heterocycles. The lowest BCUT2D eigenvalue weighted by Gasteiger charge is -2.47. The molecule has 4 aliphatic carbocycles. The van der Waals surface area contributed by atoms with Crippen LogP contribution in [0.1, 0.15) is 130 Å². The van der Waals surface area contributed by atoms with Crippen LogP contribution in [0.3, 0.4) is 0 Å². The van der Waals surface area contributed by atoms with E-state index in [2.05, 4.69) is 45.9 Å². The van der Waals surface area contributed by atoms with Gasteiger partial charge >= 0.3 is 0 Å². The molecular formula is C35H56O4. The molecule has 0 aromatic heterocycles. The number of hydrogen-bond acceptors (Lipinski definition) is 4. The van der Waals surface area contributed by atoms with E-state index in [-0.39, 0.29) is 16.6 Å². The fraction of sp³-hybridized carbons (Fsp3) is 0.800. The third kappa shape index (κ3) is 6.99. The Hall–Kier alpha value is -1.23. The van der Waals surface area contributed by atoms with Gasteiger partial charge in [-0.05, 0) is 93.3 Å². The number of Topliss-reactive ketones (excluding diaryl/α,β-unsaturated/α-hetero) is 1. The van der Waals surface area contributed by atoms with E-state index in [9.17, 15) is 20.1 Å². The predicted octanol–water partition coefficient (Wildman–Crippen LogP) is 7.61. The average molecular weight is 541 g/mol. The summed E-state index contributed by atoms with van der Waals surface area (Å²) >= 11 is 0. The van der Waals surface area contributed by atoms with E-state index in [1.54, 1.807) is 0 Å². The number of carbonyl (C=O) groups is 1. The van der Waals surface area contributed by atoms with Crippen molar-refractivity contribution in [1.29, 1.82) is 0 Å². The standard InChI is InChI=1S/C35H56O4/c1-5-6-7-8-9-12-31(38)35(20-21-35)32(39)17-19-33(2,3)30-16-15-29-26(11-10-18-34(29,30)4)14-13-25-22-27(36)24-28(37)23-25/h13-14,17,19,27-30,32,36-37,39H,5-12,15-16,18,20-24H2,1-4H3/t27-,28-,29+,30-,32+,34+/m1/s1. The Morgan fingerprint density at radius 1 is 1.03 bits per heavy atom. The van der Waals surface area contributed by atoms with Crippen LogP contribution in [-0.4, -0.2) is 39.4 Å². The summed E-state index contributed by atoms with van der Waals surface area (Å²) in [6.07, 6.45) is 23.0. The highest BCUT2D eigenvalue weighted by molar-refractivity contribution is 5.88. The SMILES string of the molecule is CCCCCCCC(=O)C1([C@@H](O)C=CC(C)(C)[C@H]2CC[C@H]3C(=CC=C4C[C@@H](O)C[C@H](O)C4)CCC[C@]23C)CC1. The first-order valence-electron chi connectivity index (χ1n) is 16.2. The quantitative estimate of drug-likeness (QED) is 0.176. The molecule has 0 aliphatic heterocycles. The molecule has 0 unspecified atom stereocenters. The van der Waals surface area contributed by atoms with Gasteiger partial charge in [0.15, 0.2) is 0 Å². The van der Waals surface area contributed by atoms with Gasteiger partial charge in [0.2, 0.25) is 0 Å². The van der Waals surface area contributed by atoms with E-state index in [0.29, 0.717) is 37.5 Å². The van der Waals surface area contributed by atoms with Crippen molar-refractivity contribution in [1.82, 2.24) is 0 Å². The molecule has 4 rings (SSSR count). The largest absolute Gasteiger partial charge is 0.393 e. The van der Waals surface area contributed by atoms with Crippen molar-refractivity contribution < 1.29 is 20.1 Å². The first-order chi connectivity index (χ1) is 18.5. The van der Waals surface area contributed by atoms with Gasteiger partial charge in [0.05, 0.1) is 23.7 Å². The van der Waals surface area contributed by atoms with Crippen molar-refractivity contribution in [2.75, 3.05) is 0 Å². The zero-order valence-corrected chi connectivity index (χ0v) is 25.3. The minimum Gasteiger partial charge on any atom is -0.393 e. The highest BCUT2D eigenvalue weighted by Crippen LogP contribution is 2.62. The molecule has 6 atom stereocenters. The summed E-state index contributed by atoms with van der Waals surface area (Å²) in [5, 5.41) is 31.3. The molecule has 0 aromatic carbocycles. The van der Waals surface area contributed by atoms with Crippen molar-refractivity contribution in [2.24, 2.45) is 28.1 Å². The fourth-order valence-corrected chi connectivity index (χ4v) is 8.64. The predicted molar refractivity (Wildman–Crippen MR) is 159 cm³/mol. The van der Waals surface area contributed by atoms with Crippen LogP contribution in [0.2, 0.25) is 0 Å². The summed E-state index contributed by atoms with van der Waals surface area (Å²) in [7, 11) is 0. The number of ketones is 1. The van der Waals surface area contributed by atoms with Gasteiger partial charge in [0, 0.05) is 6.42 Å². The Balaban J connectivity index is 1.40. The molecular weight excluding hydrogens is 484 g/mol. The van der Waals surface area contributed by atoms with Crippen LogP contribution in [0.4, 0.5) is 0 Å². The van der Waals surface area contributed by atoms with E-state index in [1.165, 1.54) is 50.5 Å². The Kier molecular flexibility index (Phi) is 10.0. The third-order valence-corrected chi connectivity index (χ3v) is 11.1. The molecule has 0 heterocycles. The summed E-state index contributed by atoms with van der Waals surface area (Å²) in [4.78, 5) is 13.0. The summed E-state index contributed by atoms with van der Waals surface area (Å²) < 4.78 is 0. The molecule has 3 N–H and O–H groups in total. The van der Waals surface area contributed by atoms with E-state index in [4.69, 9.17) is 0 Å². The number of carbonyl (C=O) groups excluding carboxylic acids is 1. The van der Waals surface area contributed by atoms with Crippen LogP contribution in [0, 0.1) is 28.1 Å². The van der Waals surface area contributed by atoms with Gasteiger partial charge in [0.25, 0.3) is 0 Å². The number of unbranched alkanes of at least 4 members (excludes halogenated alkanes) is 4. The number of allylic oxidation sites excluding steroid dienone is 4. The van der Waals surface area contributed by atoms with Crippen molar-refractivity contribution >= 4 is 5.78 Å². The number of aliphatic hydroxyl groups excluding tert-OH is 3.